The highest BCUT2D eigenvalue weighted by Crippen LogP contribution is 2.30. The molecule has 0 bridgehead atoms. The molecular formula is C17H22. The first kappa shape index (κ1) is 12.2. The average Bonchev–Trinajstić information content (AvgIpc) is 2.27. The van der Waals surface area contributed by atoms with Gasteiger partial charge in [-0.2, -0.15) is 0 Å². The molecule has 0 aliphatic heterocycles. The summed E-state index contributed by atoms with van der Waals surface area (Å²) in [6.45, 7) is 9.18. The van der Waals surface area contributed by atoms with E-state index in [9.17, 15) is 0 Å². The zero-order valence-corrected chi connectivity index (χ0v) is 11.3. The molecule has 0 fully saturated rings. The minimum atomic E-state index is 0.592. The summed E-state index contributed by atoms with van der Waals surface area (Å²) in [4.78, 5) is 0. The Morgan fingerprint density at radius 2 is 1.59 bits per heavy atom. The van der Waals surface area contributed by atoms with Crippen molar-refractivity contribution in [2.45, 2.75) is 40.0 Å². The standard InChI is InChI=1S/C17H22/c1-12(2)11-15-10-9-14-7-5-6-8-16(14)17(15)13(3)4/h5-10,12-13H,11H2,1-4H3. The van der Waals surface area contributed by atoms with Crippen molar-refractivity contribution in [3.63, 3.8) is 0 Å². The molecule has 2 aromatic rings. The largest absolute Gasteiger partial charge is 0.0625 e. The Kier molecular flexibility index (Phi) is 3.51. The molecule has 0 saturated heterocycles. The predicted molar refractivity (Wildman–Crippen MR) is 76.6 cm³/mol. The molecule has 0 atom stereocenters. The Morgan fingerprint density at radius 3 is 2.24 bits per heavy atom. The molecule has 0 aromatic heterocycles. The Balaban J connectivity index is 2.64. The topological polar surface area (TPSA) is 0 Å². The lowest BCUT2D eigenvalue weighted by molar-refractivity contribution is 0.640. The molecule has 0 radical (unpaired) electrons. The number of hydrogen-bond donors (Lipinski definition) is 0. The Morgan fingerprint density at radius 1 is 0.882 bits per heavy atom. The van der Waals surface area contributed by atoms with Crippen molar-refractivity contribution in [1.29, 1.82) is 0 Å². The van der Waals surface area contributed by atoms with E-state index in [1.54, 1.807) is 0 Å². The van der Waals surface area contributed by atoms with Crippen LogP contribution in [0.15, 0.2) is 36.4 Å². The van der Waals surface area contributed by atoms with Gasteiger partial charge in [-0.15, -0.1) is 0 Å². The lowest BCUT2D eigenvalue weighted by Gasteiger charge is -2.17. The van der Waals surface area contributed by atoms with Crippen LogP contribution in [0.25, 0.3) is 10.8 Å². The van der Waals surface area contributed by atoms with E-state index in [2.05, 4.69) is 64.1 Å². The monoisotopic (exact) mass is 226 g/mol. The molecule has 17 heavy (non-hydrogen) atoms. The van der Waals surface area contributed by atoms with Crippen molar-refractivity contribution < 1.29 is 0 Å². The molecule has 0 N–H and O–H groups in total. The first-order valence-corrected chi connectivity index (χ1v) is 6.60. The third kappa shape index (κ3) is 2.52. The van der Waals surface area contributed by atoms with E-state index < -0.39 is 0 Å². The van der Waals surface area contributed by atoms with E-state index in [0.29, 0.717) is 11.8 Å². The van der Waals surface area contributed by atoms with Gasteiger partial charge >= 0.3 is 0 Å². The van der Waals surface area contributed by atoms with E-state index in [1.165, 1.54) is 28.3 Å². The highest BCUT2D eigenvalue weighted by atomic mass is 14.2. The van der Waals surface area contributed by atoms with Gasteiger partial charge in [-0.1, -0.05) is 64.1 Å². The molecule has 0 heteroatoms. The van der Waals surface area contributed by atoms with E-state index in [-0.39, 0.29) is 0 Å². The molecule has 0 amide bonds. The van der Waals surface area contributed by atoms with Crippen LogP contribution in [-0.2, 0) is 6.42 Å². The third-order valence-electron chi connectivity index (χ3n) is 3.27. The summed E-state index contributed by atoms with van der Waals surface area (Å²) in [6, 6.07) is 13.3. The normalized spacial score (nSPS) is 11.6. The SMILES string of the molecule is CC(C)Cc1ccc2ccccc2c1C(C)C. The van der Waals surface area contributed by atoms with Crippen LogP contribution in [-0.4, -0.2) is 0 Å². The van der Waals surface area contributed by atoms with Crippen LogP contribution in [0.5, 0.6) is 0 Å². The maximum atomic E-state index is 2.32. The molecular weight excluding hydrogens is 204 g/mol. The molecule has 0 aliphatic rings. The summed E-state index contributed by atoms with van der Waals surface area (Å²) in [5.41, 5.74) is 3.06. The van der Waals surface area contributed by atoms with Gasteiger partial charge in [-0.05, 0) is 40.2 Å². The molecule has 0 nitrogen and oxygen atoms in total. The summed E-state index contributed by atoms with van der Waals surface area (Å²) in [5.74, 6) is 1.31. The van der Waals surface area contributed by atoms with Crippen molar-refractivity contribution in [1.82, 2.24) is 0 Å². The molecule has 0 aliphatic carbocycles. The number of rotatable bonds is 3. The lowest BCUT2D eigenvalue weighted by Crippen LogP contribution is -2.02. The third-order valence-corrected chi connectivity index (χ3v) is 3.27. The van der Waals surface area contributed by atoms with E-state index in [0.717, 1.165) is 0 Å². The van der Waals surface area contributed by atoms with Gasteiger partial charge in [-0.25, -0.2) is 0 Å². The van der Waals surface area contributed by atoms with E-state index in [1.807, 2.05) is 0 Å². The zero-order valence-electron chi connectivity index (χ0n) is 11.3. The average molecular weight is 226 g/mol. The molecule has 2 rings (SSSR count). The fourth-order valence-corrected chi connectivity index (χ4v) is 2.64. The summed E-state index contributed by atoms with van der Waals surface area (Å²) in [6.07, 6.45) is 1.18. The van der Waals surface area contributed by atoms with Crippen LogP contribution in [0.4, 0.5) is 0 Å². The maximum absolute atomic E-state index is 2.32. The minimum absolute atomic E-state index is 0.592. The van der Waals surface area contributed by atoms with Crippen LogP contribution in [0.3, 0.4) is 0 Å². The smallest absolute Gasteiger partial charge is 0.0147 e. The quantitative estimate of drug-likeness (QED) is 0.678. The van der Waals surface area contributed by atoms with Crippen LogP contribution in [0, 0.1) is 5.92 Å². The summed E-state index contributed by atoms with van der Waals surface area (Å²) < 4.78 is 0. The first-order chi connectivity index (χ1) is 8.09. The van der Waals surface area contributed by atoms with Crippen molar-refractivity contribution in [3.8, 4) is 0 Å². The van der Waals surface area contributed by atoms with Crippen molar-refractivity contribution in [2.75, 3.05) is 0 Å². The van der Waals surface area contributed by atoms with Gasteiger partial charge in [0, 0.05) is 0 Å². The zero-order chi connectivity index (χ0) is 12.4. The Labute approximate surface area is 105 Å². The van der Waals surface area contributed by atoms with Crippen LogP contribution >= 0.6 is 0 Å². The molecule has 2 aromatic carbocycles. The molecule has 0 heterocycles. The second kappa shape index (κ2) is 4.91. The molecule has 0 spiro atoms. The van der Waals surface area contributed by atoms with Gasteiger partial charge in [0.25, 0.3) is 0 Å². The lowest BCUT2D eigenvalue weighted by atomic mass is 9.87. The summed E-state index contributed by atoms with van der Waals surface area (Å²) in [7, 11) is 0. The van der Waals surface area contributed by atoms with Crippen molar-refractivity contribution in [2.24, 2.45) is 5.92 Å². The molecule has 0 unspecified atom stereocenters. The number of hydrogen-bond acceptors (Lipinski definition) is 0. The number of benzene rings is 2. The Bertz CT molecular complexity index is 506. The van der Waals surface area contributed by atoms with Gasteiger partial charge in [0.2, 0.25) is 0 Å². The van der Waals surface area contributed by atoms with Crippen LogP contribution < -0.4 is 0 Å². The minimum Gasteiger partial charge on any atom is -0.0625 e. The Hall–Kier alpha value is -1.30. The van der Waals surface area contributed by atoms with E-state index >= 15 is 0 Å². The van der Waals surface area contributed by atoms with Gasteiger partial charge in [0.1, 0.15) is 0 Å². The van der Waals surface area contributed by atoms with Gasteiger partial charge in [-0.3, -0.25) is 0 Å². The number of fused-ring (bicyclic) bond motifs is 1. The molecule has 0 saturated carbocycles. The maximum Gasteiger partial charge on any atom is -0.0147 e. The summed E-state index contributed by atoms with van der Waals surface area (Å²) >= 11 is 0. The van der Waals surface area contributed by atoms with Gasteiger partial charge < -0.3 is 0 Å². The summed E-state index contributed by atoms with van der Waals surface area (Å²) in [5, 5.41) is 2.80. The fraction of sp³-hybridized carbons (Fsp3) is 0.412. The van der Waals surface area contributed by atoms with Gasteiger partial charge in [0.05, 0.1) is 0 Å². The highest BCUT2D eigenvalue weighted by Gasteiger charge is 2.11. The van der Waals surface area contributed by atoms with Crippen LogP contribution in [0.2, 0.25) is 0 Å². The second-order valence-electron chi connectivity index (χ2n) is 5.61. The van der Waals surface area contributed by atoms with E-state index in [4.69, 9.17) is 0 Å². The van der Waals surface area contributed by atoms with Crippen molar-refractivity contribution >= 4 is 10.8 Å². The highest BCUT2D eigenvalue weighted by molar-refractivity contribution is 5.87. The first-order valence-electron chi connectivity index (χ1n) is 6.60. The fourth-order valence-electron chi connectivity index (χ4n) is 2.64. The molecule has 90 valence electrons. The van der Waals surface area contributed by atoms with Crippen LogP contribution in [0.1, 0.15) is 44.7 Å². The second-order valence-corrected chi connectivity index (χ2v) is 5.61. The predicted octanol–water partition coefficient (Wildman–Crippen LogP) is 5.16. The van der Waals surface area contributed by atoms with Gasteiger partial charge in [0.15, 0.2) is 0 Å². The van der Waals surface area contributed by atoms with Crippen molar-refractivity contribution in [3.05, 3.63) is 47.5 Å².